The highest BCUT2D eigenvalue weighted by Gasteiger charge is 2.39. The van der Waals surface area contributed by atoms with E-state index in [1.165, 1.54) is 31.9 Å². The van der Waals surface area contributed by atoms with Gasteiger partial charge in [-0.2, -0.15) is 0 Å². The Hall–Kier alpha value is -1.65. The van der Waals surface area contributed by atoms with Crippen molar-refractivity contribution in [3.8, 4) is 0 Å². The molecule has 3 unspecified atom stereocenters. The Bertz CT molecular complexity index is 503. The quantitative estimate of drug-likeness (QED) is 0.667. The van der Waals surface area contributed by atoms with E-state index in [-0.39, 0.29) is 5.69 Å². The lowest BCUT2D eigenvalue weighted by Crippen LogP contribution is -2.20. The summed E-state index contributed by atoms with van der Waals surface area (Å²) in [6.07, 6.45) is 6.86. The summed E-state index contributed by atoms with van der Waals surface area (Å²) in [5.74, 6) is 3.38. The van der Waals surface area contributed by atoms with Gasteiger partial charge in [0.1, 0.15) is 12.0 Å². The first-order chi connectivity index (χ1) is 9.13. The van der Waals surface area contributed by atoms with Crippen molar-refractivity contribution in [3.63, 3.8) is 0 Å². The van der Waals surface area contributed by atoms with Gasteiger partial charge in [0.05, 0.1) is 4.92 Å². The van der Waals surface area contributed by atoms with Crippen LogP contribution in [0.1, 0.15) is 31.2 Å². The van der Waals surface area contributed by atoms with Crippen LogP contribution in [0.15, 0.2) is 12.3 Å². The summed E-state index contributed by atoms with van der Waals surface area (Å²) < 4.78 is 0. The SMILES string of the molecule is Cc1cc([N+](=O)[O-])cnc1NCC1CC2CCC1C2. The summed E-state index contributed by atoms with van der Waals surface area (Å²) in [6, 6.07) is 1.58. The Morgan fingerprint density at radius 1 is 1.47 bits per heavy atom. The van der Waals surface area contributed by atoms with Crippen LogP contribution in [0.3, 0.4) is 0 Å². The monoisotopic (exact) mass is 261 g/mol. The fourth-order valence-electron chi connectivity index (χ4n) is 3.70. The second-order valence-electron chi connectivity index (χ2n) is 5.93. The molecule has 0 spiro atoms. The van der Waals surface area contributed by atoms with E-state index >= 15 is 0 Å². The van der Waals surface area contributed by atoms with Gasteiger partial charge in [-0.05, 0) is 49.5 Å². The fraction of sp³-hybridized carbons (Fsp3) is 0.643. The third kappa shape index (κ3) is 2.41. The minimum absolute atomic E-state index is 0.0583. The minimum Gasteiger partial charge on any atom is -0.370 e. The summed E-state index contributed by atoms with van der Waals surface area (Å²) in [6.45, 7) is 2.82. The molecule has 2 saturated carbocycles. The summed E-state index contributed by atoms with van der Waals surface area (Å²) in [5, 5.41) is 14.0. The van der Waals surface area contributed by atoms with Gasteiger partial charge in [-0.3, -0.25) is 10.1 Å². The van der Waals surface area contributed by atoms with Crippen molar-refractivity contribution in [1.29, 1.82) is 0 Å². The maximum absolute atomic E-state index is 10.7. The lowest BCUT2D eigenvalue weighted by Gasteiger charge is -2.22. The molecule has 5 nitrogen and oxygen atoms in total. The average Bonchev–Trinajstić information content (AvgIpc) is 2.99. The van der Waals surface area contributed by atoms with Gasteiger partial charge in [-0.25, -0.2) is 4.98 Å². The molecule has 5 heteroatoms. The molecule has 0 aromatic carbocycles. The molecule has 0 amide bonds. The Morgan fingerprint density at radius 2 is 2.32 bits per heavy atom. The number of anilines is 1. The van der Waals surface area contributed by atoms with Crippen molar-refractivity contribution in [2.24, 2.45) is 17.8 Å². The zero-order valence-electron chi connectivity index (χ0n) is 11.1. The molecule has 1 aromatic heterocycles. The van der Waals surface area contributed by atoms with Crippen molar-refractivity contribution < 1.29 is 4.92 Å². The number of nitro groups is 1. The molecule has 19 heavy (non-hydrogen) atoms. The number of rotatable bonds is 4. The van der Waals surface area contributed by atoms with Gasteiger partial charge in [-0.15, -0.1) is 0 Å². The van der Waals surface area contributed by atoms with E-state index in [0.717, 1.165) is 35.7 Å². The van der Waals surface area contributed by atoms with Gasteiger partial charge < -0.3 is 5.32 Å². The maximum Gasteiger partial charge on any atom is 0.287 e. The Labute approximate surface area is 112 Å². The Kier molecular flexibility index (Phi) is 3.12. The topological polar surface area (TPSA) is 68.1 Å². The zero-order valence-corrected chi connectivity index (χ0v) is 11.1. The average molecular weight is 261 g/mol. The number of fused-ring (bicyclic) bond motifs is 2. The van der Waals surface area contributed by atoms with Gasteiger partial charge in [0, 0.05) is 12.6 Å². The smallest absolute Gasteiger partial charge is 0.287 e. The van der Waals surface area contributed by atoms with Crippen LogP contribution in [-0.4, -0.2) is 16.5 Å². The van der Waals surface area contributed by atoms with Crippen LogP contribution in [0.4, 0.5) is 11.5 Å². The van der Waals surface area contributed by atoms with Crippen LogP contribution in [0.5, 0.6) is 0 Å². The molecule has 3 atom stereocenters. The van der Waals surface area contributed by atoms with Crippen LogP contribution >= 0.6 is 0 Å². The molecule has 102 valence electrons. The highest BCUT2D eigenvalue weighted by Crippen LogP contribution is 2.48. The number of nitrogens with one attached hydrogen (secondary N) is 1. The minimum atomic E-state index is -0.403. The van der Waals surface area contributed by atoms with Gasteiger partial charge in [0.15, 0.2) is 0 Å². The molecule has 2 aliphatic carbocycles. The number of aromatic nitrogens is 1. The van der Waals surface area contributed by atoms with Gasteiger partial charge in [-0.1, -0.05) is 6.42 Å². The number of hydrogen-bond donors (Lipinski definition) is 1. The summed E-state index contributed by atoms with van der Waals surface area (Å²) in [7, 11) is 0. The Balaban J connectivity index is 1.62. The fourth-order valence-corrected chi connectivity index (χ4v) is 3.70. The van der Waals surface area contributed by atoms with E-state index < -0.39 is 4.92 Å². The second kappa shape index (κ2) is 4.79. The normalized spacial score (nSPS) is 28.6. The Morgan fingerprint density at radius 3 is 2.89 bits per heavy atom. The molecule has 2 fully saturated rings. The van der Waals surface area contributed by atoms with Crippen molar-refractivity contribution in [2.75, 3.05) is 11.9 Å². The van der Waals surface area contributed by atoms with Crippen molar-refractivity contribution in [2.45, 2.75) is 32.6 Å². The van der Waals surface area contributed by atoms with Gasteiger partial charge in [0.25, 0.3) is 5.69 Å². The number of aryl methyl sites for hydroxylation is 1. The molecule has 3 rings (SSSR count). The molecule has 1 heterocycles. The molecular formula is C14H19N3O2. The maximum atomic E-state index is 10.7. The predicted molar refractivity (Wildman–Crippen MR) is 73.1 cm³/mol. The van der Waals surface area contributed by atoms with E-state index in [4.69, 9.17) is 0 Å². The van der Waals surface area contributed by atoms with Gasteiger partial charge >= 0.3 is 0 Å². The molecule has 0 aliphatic heterocycles. The van der Waals surface area contributed by atoms with Crippen LogP contribution in [0, 0.1) is 34.8 Å². The zero-order chi connectivity index (χ0) is 13.4. The highest BCUT2D eigenvalue weighted by atomic mass is 16.6. The third-order valence-electron chi connectivity index (χ3n) is 4.69. The van der Waals surface area contributed by atoms with E-state index in [9.17, 15) is 10.1 Å². The largest absolute Gasteiger partial charge is 0.370 e. The second-order valence-corrected chi connectivity index (χ2v) is 5.93. The summed E-state index contributed by atoms with van der Waals surface area (Å²) in [4.78, 5) is 14.4. The standard InChI is InChI=1S/C14H19N3O2/c1-9-4-13(17(18)19)8-16-14(9)15-7-12-6-10-2-3-11(12)5-10/h4,8,10-12H,2-3,5-7H2,1H3,(H,15,16). The van der Waals surface area contributed by atoms with Crippen LogP contribution in [-0.2, 0) is 0 Å². The first kappa shape index (κ1) is 12.4. The molecular weight excluding hydrogens is 242 g/mol. The van der Waals surface area contributed by atoms with Crippen LogP contribution in [0.2, 0.25) is 0 Å². The number of nitrogens with zero attached hydrogens (tertiary/aromatic N) is 2. The summed E-state index contributed by atoms with van der Waals surface area (Å²) in [5.41, 5.74) is 0.903. The number of pyridine rings is 1. The van der Waals surface area contributed by atoms with Gasteiger partial charge in [0.2, 0.25) is 0 Å². The highest BCUT2D eigenvalue weighted by molar-refractivity contribution is 5.48. The molecule has 1 aromatic rings. The van der Waals surface area contributed by atoms with Crippen LogP contribution in [0.25, 0.3) is 0 Å². The first-order valence-corrected chi connectivity index (χ1v) is 6.98. The van der Waals surface area contributed by atoms with E-state index in [0.29, 0.717) is 0 Å². The first-order valence-electron chi connectivity index (χ1n) is 6.98. The number of hydrogen-bond acceptors (Lipinski definition) is 4. The van der Waals surface area contributed by atoms with E-state index in [1.807, 2.05) is 6.92 Å². The van der Waals surface area contributed by atoms with Crippen molar-refractivity contribution in [3.05, 3.63) is 27.9 Å². The lowest BCUT2D eigenvalue weighted by atomic mass is 9.89. The van der Waals surface area contributed by atoms with Crippen molar-refractivity contribution >= 4 is 11.5 Å². The molecule has 2 bridgehead atoms. The molecule has 2 aliphatic rings. The third-order valence-corrected chi connectivity index (χ3v) is 4.69. The van der Waals surface area contributed by atoms with Crippen molar-refractivity contribution in [1.82, 2.24) is 4.98 Å². The summed E-state index contributed by atoms with van der Waals surface area (Å²) >= 11 is 0. The molecule has 1 N–H and O–H groups in total. The predicted octanol–water partition coefficient (Wildman–Crippen LogP) is 3.15. The molecule has 0 saturated heterocycles. The van der Waals surface area contributed by atoms with Crippen LogP contribution < -0.4 is 5.32 Å². The van der Waals surface area contributed by atoms with E-state index in [2.05, 4.69) is 10.3 Å². The van der Waals surface area contributed by atoms with E-state index in [1.54, 1.807) is 6.07 Å². The lowest BCUT2D eigenvalue weighted by molar-refractivity contribution is -0.385. The molecule has 0 radical (unpaired) electrons.